The van der Waals surface area contributed by atoms with Crippen LogP contribution in [0.2, 0.25) is 0 Å². The molecule has 0 saturated heterocycles. The van der Waals surface area contributed by atoms with Gasteiger partial charge in [0.2, 0.25) is 0 Å². The molecule has 0 aromatic heterocycles. The minimum atomic E-state index is -0.0784. The molecule has 0 unspecified atom stereocenters. The first-order chi connectivity index (χ1) is 8.62. The minimum absolute atomic E-state index is 0.0614. The van der Waals surface area contributed by atoms with Gasteiger partial charge in [-0.2, -0.15) is 0 Å². The van der Waals surface area contributed by atoms with E-state index in [1.807, 2.05) is 6.07 Å². The van der Waals surface area contributed by atoms with Crippen molar-refractivity contribution in [2.24, 2.45) is 0 Å². The lowest BCUT2D eigenvalue weighted by molar-refractivity contribution is 0.426. The van der Waals surface area contributed by atoms with Crippen molar-refractivity contribution >= 4 is 10.8 Å². The molecule has 0 saturated carbocycles. The van der Waals surface area contributed by atoms with Crippen molar-refractivity contribution in [2.45, 2.75) is 52.4 Å². The van der Waals surface area contributed by atoms with Gasteiger partial charge in [0.05, 0.1) is 0 Å². The van der Waals surface area contributed by atoms with E-state index in [0.717, 1.165) is 16.5 Å². The smallest absolute Gasteiger partial charge is 0.123 e. The SMILES string of the molecule is CC(C)(C)c1cc2ccccc2c(C(C)(C)C)c1O. The number of hydrogen-bond acceptors (Lipinski definition) is 1. The maximum absolute atomic E-state index is 10.8. The molecule has 2 rings (SSSR count). The summed E-state index contributed by atoms with van der Waals surface area (Å²) in [7, 11) is 0. The highest BCUT2D eigenvalue weighted by Gasteiger charge is 2.27. The number of phenols is 1. The van der Waals surface area contributed by atoms with Crippen LogP contribution in [0.1, 0.15) is 52.7 Å². The van der Waals surface area contributed by atoms with Crippen molar-refractivity contribution in [3.63, 3.8) is 0 Å². The summed E-state index contributed by atoms with van der Waals surface area (Å²) >= 11 is 0. The van der Waals surface area contributed by atoms with Crippen LogP contribution in [0.3, 0.4) is 0 Å². The van der Waals surface area contributed by atoms with Crippen molar-refractivity contribution in [3.05, 3.63) is 41.5 Å². The third-order valence-corrected chi connectivity index (χ3v) is 3.58. The molecule has 102 valence electrons. The fourth-order valence-electron chi connectivity index (χ4n) is 2.67. The molecule has 2 aromatic rings. The summed E-state index contributed by atoms with van der Waals surface area (Å²) in [6.07, 6.45) is 0. The molecule has 0 spiro atoms. The highest BCUT2D eigenvalue weighted by Crippen LogP contribution is 2.43. The molecule has 0 amide bonds. The molecule has 0 fully saturated rings. The normalized spacial score (nSPS) is 12.9. The highest BCUT2D eigenvalue weighted by atomic mass is 16.3. The van der Waals surface area contributed by atoms with Crippen LogP contribution in [0, 0.1) is 0 Å². The van der Waals surface area contributed by atoms with Crippen molar-refractivity contribution in [1.29, 1.82) is 0 Å². The molecule has 0 radical (unpaired) electrons. The zero-order valence-corrected chi connectivity index (χ0v) is 12.8. The highest BCUT2D eigenvalue weighted by molar-refractivity contribution is 5.90. The summed E-state index contributed by atoms with van der Waals surface area (Å²) in [5.41, 5.74) is 1.94. The lowest BCUT2D eigenvalue weighted by Gasteiger charge is -2.28. The summed E-state index contributed by atoms with van der Waals surface area (Å²) in [5.74, 6) is 0.457. The van der Waals surface area contributed by atoms with Gasteiger partial charge in [0.15, 0.2) is 0 Å². The summed E-state index contributed by atoms with van der Waals surface area (Å²) in [4.78, 5) is 0. The molecule has 19 heavy (non-hydrogen) atoms. The number of aromatic hydroxyl groups is 1. The van der Waals surface area contributed by atoms with Gasteiger partial charge in [-0.25, -0.2) is 0 Å². The van der Waals surface area contributed by atoms with E-state index in [2.05, 4.69) is 65.8 Å². The van der Waals surface area contributed by atoms with Crippen molar-refractivity contribution in [3.8, 4) is 5.75 Å². The van der Waals surface area contributed by atoms with Gasteiger partial charge in [0, 0.05) is 11.1 Å². The second-order valence-electron chi connectivity index (χ2n) is 7.37. The predicted molar refractivity (Wildman–Crippen MR) is 83.0 cm³/mol. The predicted octanol–water partition coefficient (Wildman–Crippen LogP) is 5.14. The number of rotatable bonds is 0. The van der Waals surface area contributed by atoms with Crippen LogP contribution in [0.25, 0.3) is 10.8 Å². The van der Waals surface area contributed by atoms with E-state index in [0.29, 0.717) is 5.75 Å². The lowest BCUT2D eigenvalue weighted by atomic mass is 9.77. The van der Waals surface area contributed by atoms with Crippen molar-refractivity contribution in [2.75, 3.05) is 0 Å². The van der Waals surface area contributed by atoms with Gasteiger partial charge in [-0.15, -0.1) is 0 Å². The van der Waals surface area contributed by atoms with E-state index < -0.39 is 0 Å². The Labute approximate surface area is 116 Å². The Morgan fingerprint density at radius 2 is 1.42 bits per heavy atom. The summed E-state index contributed by atoms with van der Waals surface area (Å²) in [6, 6.07) is 10.4. The molecule has 1 N–H and O–H groups in total. The first kappa shape index (κ1) is 13.9. The second-order valence-corrected chi connectivity index (χ2v) is 7.37. The average Bonchev–Trinajstić information content (AvgIpc) is 2.24. The summed E-state index contributed by atoms with van der Waals surface area (Å²) in [5, 5.41) is 13.1. The zero-order valence-electron chi connectivity index (χ0n) is 12.8. The number of benzene rings is 2. The van der Waals surface area contributed by atoms with E-state index in [1.165, 1.54) is 5.39 Å². The molecular formula is C18H24O. The molecule has 0 aliphatic rings. The van der Waals surface area contributed by atoms with Crippen LogP contribution in [0.15, 0.2) is 30.3 Å². The van der Waals surface area contributed by atoms with Gasteiger partial charge in [0.1, 0.15) is 5.75 Å². The molecule has 0 aliphatic heterocycles. The van der Waals surface area contributed by atoms with Gasteiger partial charge < -0.3 is 5.11 Å². The molecule has 1 heteroatoms. The third-order valence-electron chi connectivity index (χ3n) is 3.58. The average molecular weight is 256 g/mol. The monoisotopic (exact) mass is 256 g/mol. The second kappa shape index (κ2) is 4.26. The van der Waals surface area contributed by atoms with E-state index >= 15 is 0 Å². The Bertz CT molecular complexity index is 610. The number of phenolic OH excluding ortho intramolecular Hbond substituents is 1. The molecule has 0 aliphatic carbocycles. The van der Waals surface area contributed by atoms with Crippen LogP contribution in [0.4, 0.5) is 0 Å². The van der Waals surface area contributed by atoms with Crippen LogP contribution < -0.4 is 0 Å². The first-order valence-electron chi connectivity index (χ1n) is 6.88. The van der Waals surface area contributed by atoms with E-state index in [9.17, 15) is 5.11 Å². The van der Waals surface area contributed by atoms with Gasteiger partial charge in [-0.1, -0.05) is 65.8 Å². The fourth-order valence-corrected chi connectivity index (χ4v) is 2.67. The molecule has 0 atom stereocenters. The van der Waals surface area contributed by atoms with Crippen molar-refractivity contribution < 1.29 is 5.11 Å². The standard InChI is InChI=1S/C18H24O/c1-17(2,3)14-11-12-9-7-8-10-13(12)15(16(14)19)18(4,5)6/h7-11,19H,1-6H3. The van der Waals surface area contributed by atoms with E-state index in [1.54, 1.807) is 0 Å². The van der Waals surface area contributed by atoms with Crippen LogP contribution in [-0.2, 0) is 10.8 Å². The van der Waals surface area contributed by atoms with Gasteiger partial charge >= 0.3 is 0 Å². The topological polar surface area (TPSA) is 20.2 Å². The van der Waals surface area contributed by atoms with Gasteiger partial charge in [-0.3, -0.25) is 0 Å². The lowest BCUT2D eigenvalue weighted by Crippen LogP contribution is -2.17. The Balaban J connectivity index is 2.94. The maximum Gasteiger partial charge on any atom is 0.123 e. The van der Waals surface area contributed by atoms with Crippen LogP contribution in [-0.4, -0.2) is 5.11 Å². The molecule has 1 nitrogen and oxygen atoms in total. The fraction of sp³-hybridized carbons (Fsp3) is 0.444. The Hall–Kier alpha value is -1.50. The van der Waals surface area contributed by atoms with Crippen LogP contribution in [0.5, 0.6) is 5.75 Å². The van der Waals surface area contributed by atoms with Gasteiger partial charge in [0.25, 0.3) is 0 Å². The van der Waals surface area contributed by atoms with Crippen LogP contribution >= 0.6 is 0 Å². The summed E-state index contributed by atoms with van der Waals surface area (Å²) < 4.78 is 0. The van der Waals surface area contributed by atoms with E-state index in [4.69, 9.17) is 0 Å². The molecule has 0 bridgehead atoms. The quantitative estimate of drug-likeness (QED) is 0.692. The van der Waals surface area contributed by atoms with E-state index in [-0.39, 0.29) is 10.8 Å². The van der Waals surface area contributed by atoms with Gasteiger partial charge in [-0.05, 0) is 27.7 Å². The zero-order chi connectivity index (χ0) is 14.4. The molecule has 2 aromatic carbocycles. The Morgan fingerprint density at radius 3 is 1.95 bits per heavy atom. The number of hydrogen-bond donors (Lipinski definition) is 1. The Morgan fingerprint density at radius 1 is 0.842 bits per heavy atom. The maximum atomic E-state index is 10.8. The van der Waals surface area contributed by atoms with Crippen molar-refractivity contribution in [1.82, 2.24) is 0 Å². The molecular weight excluding hydrogens is 232 g/mol. The summed E-state index contributed by atoms with van der Waals surface area (Å²) in [6.45, 7) is 12.9. The minimum Gasteiger partial charge on any atom is -0.507 e. The third kappa shape index (κ3) is 2.47. The first-order valence-corrected chi connectivity index (χ1v) is 6.88. The largest absolute Gasteiger partial charge is 0.507 e. The molecule has 0 heterocycles. The number of fused-ring (bicyclic) bond motifs is 1. The Kier molecular flexibility index (Phi) is 3.12.